The van der Waals surface area contributed by atoms with E-state index in [9.17, 15) is 15.0 Å². The normalized spacial score (nSPS) is 38.4. The first-order valence-electron chi connectivity index (χ1n) is 5.81. The van der Waals surface area contributed by atoms with Gasteiger partial charge in [-0.2, -0.15) is 0 Å². The van der Waals surface area contributed by atoms with Gasteiger partial charge in [0.15, 0.2) is 5.60 Å². The highest BCUT2D eigenvalue weighted by atomic mass is 16.4. The second-order valence-corrected chi connectivity index (χ2v) is 5.03. The molecule has 2 N–H and O–H groups in total. The minimum atomic E-state index is -1.63. The molecule has 0 heterocycles. The Morgan fingerprint density at radius 1 is 1.56 bits per heavy atom. The highest BCUT2D eigenvalue weighted by molar-refractivity contribution is 5.82. The first-order chi connectivity index (χ1) is 7.45. The lowest BCUT2D eigenvalue weighted by Gasteiger charge is -2.41. The van der Waals surface area contributed by atoms with Crippen molar-refractivity contribution < 1.29 is 15.0 Å². The van der Waals surface area contributed by atoms with E-state index in [4.69, 9.17) is 0 Å². The molecule has 3 nitrogen and oxygen atoms in total. The smallest absolute Gasteiger partial charge is 0.340 e. The number of carboxylic acids is 1. The van der Waals surface area contributed by atoms with Gasteiger partial charge in [-0.25, -0.2) is 4.79 Å². The third-order valence-electron chi connectivity index (χ3n) is 3.83. The van der Waals surface area contributed by atoms with E-state index < -0.39 is 11.6 Å². The number of allylic oxidation sites excluding steroid dienone is 3. The molecule has 2 rings (SSSR count). The highest BCUT2D eigenvalue weighted by Crippen LogP contribution is 2.44. The van der Waals surface area contributed by atoms with Crippen molar-refractivity contribution in [3.05, 3.63) is 23.3 Å². The Morgan fingerprint density at radius 2 is 2.25 bits per heavy atom. The van der Waals surface area contributed by atoms with Crippen molar-refractivity contribution in [1.82, 2.24) is 0 Å². The Kier molecular flexibility index (Phi) is 2.66. The van der Waals surface area contributed by atoms with Gasteiger partial charge >= 0.3 is 5.97 Å². The monoisotopic (exact) mass is 222 g/mol. The van der Waals surface area contributed by atoms with Crippen LogP contribution in [0.4, 0.5) is 0 Å². The predicted octanol–water partition coefficient (Wildman–Crippen LogP) is 2.12. The minimum absolute atomic E-state index is 0.193. The van der Waals surface area contributed by atoms with Gasteiger partial charge in [0.05, 0.1) is 0 Å². The Balaban J connectivity index is 2.45. The van der Waals surface area contributed by atoms with Crippen molar-refractivity contribution in [2.24, 2.45) is 11.8 Å². The van der Waals surface area contributed by atoms with E-state index in [1.165, 1.54) is 0 Å². The fourth-order valence-electron chi connectivity index (χ4n) is 3.01. The Bertz CT molecular complexity index is 381. The Labute approximate surface area is 95.5 Å². The molecule has 2 aliphatic carbocycles. The van der Waals surface area contributed by atoms with Crippen molar-refractivity contribution >= 4 is 5.97 Å². The molecule has 16 heavy (non-hydrogen) atoms. The molecule has 1 saturated carbocycles. The number of aliphatic hydroxyl groups is 1. The van der Waals surface area contributed by atoms with E-state index >= 15 is 0 Å². The standard InChI is InChI=1S/C13H18O3/c1-8-6-9(2)10-4-3-5-13(16,12(14)15)11(10)7-8/h6-7,9-10,16H,3-5H2,1-2H3,(H,14,15). The second-order valence-electron chi connectivity index (χ2n) is 5.03. The molecule has 0 aromatic rings. The van der Waals surface area contributed by atoms with E-state index in [2.05, 4.69) is 13.0 Å². The molecule has 0 saturated heterocycles. The molecule has 0 aromatic heterocycles. The fourth-order valence-corrected chi connectivity index (χ4v) is 3.01. The summed E-state index contributed by atoms with van der Waals surface area (Å²) in [6.07, 6.45) is 6.11. The summed E-state index contributed by atoms with van der Waals surface area (Å²) in [7, 11) is 0. The van der Waals surface area contributed by atoms with Crippen LogP contribution in [0.5, 0.6) is 0 Å². The average Bonchev–Trinajstić information content (AvgIpc) is 2.19. The Morgan fingerprint density at radius 3 is 2.88 bits per heavy atom. The van der Waals surface area contributed by atoms with Crippen LogP contribution in [0.25, 0.3) is 0 Å². The van der Waals surface area contributed by atoms with Crippen LogP contribution in [0.1, 0.15) is 33.1 Å². The van der Waals surface area contributed by atoms with Crippen molar-refractivity contribution in [1.29, 1.82) is 0 Å². The van der Waals surface area contributed by atoms with Gasteiger partial charge in [0.25, 0.3) is 0 Å². The summed E-state index contributed by atoms with van der Waals surface area (Å²) >= 11 is 0. The molecule has 3 atom stereocenters. The lowest BCUT2D eigenvalue weighted by molar-refractivity contribution is -0.157. The summed E-state index contributed by atoms with van der Waals surface area (Å²) in [4.78, 5) is 11.2. The maximum absolute atomic E-state index is 11.2. The third kappa shape index (κ3) is 1.59. The zero-order valence-electron chi connectivity index (χ0n) is 9.73. The number of hydrogen-bond donors (Lipinski definition) is 2. The van der Waals surface area contributed by atoms with Crippen molar-refractivity contribution in [2.45, 2.75) is 38.7 Å². The minimum Gasteiger partial charge on any atom is -0.479 e. The molecule has 0 spiro atoms. The predicted molar refractivity (Wildman–Crippen MR) is 60.9 cm³/mol. The lowest BCUT2D eigenvalue weighted by atomic mass is 9.66. The molecule has 0 bridgehead atoms. The number of aliphatic carboxylic acids is 1. The summed E-state index contributed by atoms with van der Waals surface area (Å²) in [6.45, 7) is 4.05. The zero-order valence-corrected chi connectivity index (χ0v) is 9.73. The Hall–Kier alpha value is -1.09. The van der Waals surface area contributed by atoms with Crippen molar-refractivity contribution in [2.75, 3.05) is 0 Å². The van der Waals surface area contributed by atoms with Gasteiger partial charge in [-0.05, 0) is 43.6 Å². The quantitative estimate of drug-likeness (QED) is 0.714. The summed E-state index contributed by atoms with van der Waals surface area (Å²) in [5.74, 6) is -0.588. The second kappa shape index (κ2) is 3.74. The topological polar surface area (TPSA) is 57.5 Å². The van der Waals surface area contributed by atoms with Crippen LogP contribution in [-0.2, 0) is 4.79 Å². The summed E-state index contributed by atoms with van der Waals surface area (Å²) in [5, 5.41) is 19.5. The number of fused-ring (bicyclic) bond motifs is 1. The maximum atomic E-state index is 11.2. The molecular formula is C13H18O3. The van der Waals surface area contributed by atoms with Crippen molar-refractivity contribution in [3.63, 3.8) is 0 Å². The van der Waals surface area contributed by atoms with Gasteiger partial charge in [0, 0.05) is 0 Å². The molecule has 88 valence electrons. The molecule has 1 fully saturated rings. The molecule has 0 aliphatic heterocycles. The van der Waals surface area contributed by atoms with Gasteiger partial charge in [0.1, 0.15) is 0 Å². The van der Waals surface area contributed by atoms with Crippen LogP contribution in [0.2, 0.25) is 0 Å². The number of carboxylic acid groups (broad SMARTS) is 1. The van der Waals surface area contributed by atoms with Crippen LogP contribution in [0, 0.1) is 11.8 Å². The number of rotatable bonds is 1. The van der Waals surface area contributed by atoms with E-state index in [1.54, 1.807) is 0 Å². The summed E-state index contributed by atoms with van der Waals surface area (Å²) in [5.41, 5.74) is 0.131. The number of hydrogen-bond acceptors (Lipinski definition) is 2. The van der Waals surface area contributed by atoms with Crippen LogP contribution in [-0.4, -0.2) is 21.8 Å². The largest absolute Gasteiger partial charge is 0.479 e. The third-order valence-corrected chi connectivity index (χ3v) is 3.83. The molecule has 3 unspecified atom stereocenters. The highest BCUT2D eigenvalue weighted by Gasteiger charge is 2.47. The zero-order chi connectivity index (χ0) is 11.9. The van der Waals surface area contributed by atoms with Crippen LogP contribution < -0.4 is 0 Å². The molecule has 0 radical (unpaired) electrons. The van der Waals surface area contributed by atoms with Crippen molar-refractivity contribution in [3.8, 4) is 0 Å². The summed E-state index contributed by atoms with van der Waals surface area (Å²) < 4.78 is 0. The molecule has 0 amide bonds. The van der Waals surface area contributed by atoms with E-state index in [0.29, 0.717) is 17.9 Å². The first-order valence-corrected chi connectivity index (χ1v) is 5.81. The van der Waals surface area contributed by atoms with Crippen LogP contribution >= 0.6 is 0 Å². The van der Waals surface area contributed by atoms with E-state index in [1.807, 2.05) is 13.0 Å². The molecule has 2 aliphatic rings. The van der Waals surface area contributed by atoms with Gasteiger partial charge < -0.3 is 10.2 Å². The van der Waals surface area contributed by atoms with Crippen LogP contribution in [0.3, 0.4) is 0 Å². The van der Waals surface area contributed by atoms with Gasteiger partial charge in [0.2, 0.25) is 0 Å². The average molecular weight is 222 g/mol. The van der Waals surface area contributed by atoms with Gasteiger partial charge in [-0.1, -0.05) is 24.6 Å². The fraction of sp³-hybridized carbons (Fsp3) is 0.615. The molecule has 3 heteroatoms. The van der Waals surface area contributed by atoms with Gasteiger partial charge in [-0.15, -0.1) is 0 Å². The molecular weight excluding hydrogens is 204 g/mol. The van der Waals surface area contributed by atoms with Gasteiger partial charge in [-0.3, -0.25) is 0 Å². The molecule has 0 aromatic carbocycles. The lowest BCUT2D eigenvalue weighted by Crippen LogP contribution is -2.47. The first kappa shape index (κ1) is 11.4. The van der Waals surface area contributed by atoms with Crippen LogP contribution in [0.15, 0.2) is 23.3 Å². The summed E-state index contributed by atoms with van der Waals surface area (Å²) in [6, 6.07) is 0. The van der Waals surface area contributed by atoms with E-state index in [-0.39, 0.29) is 5.92 Å². The SMILES string of the molecule is CC1=CC(C)C2CCCC(O)(C(=O)O)C2=C1. The maximum Gasteiger partial charge on any atom is 0.340 e. The number of carbonyl (C=O) groups is 1. The van der Waals surface area contributed by atoms with E-state index in [0.717, 1.165) is 18.4 Å².